The molecule has 17 heavy (non-hydrogen) atoms. The second-order valence-corrected chi connectivity index (χ2v) is 4.24. The van der Waals surface area contributed by atoms with E-state index in [9.17, 15) is 0 Å². The summed E-state index contributed by atoms with van der Waals surface area (Å²) in [6.07, 6.45) is 2.08. The topological polar surface area (TPSA) is 46.2 Å². The minimum atomic E-state index is -0.315. The van der Waals surface area contributed by atoms with Gasteiger partial charge in [-0.2, -0.15) is 0 Å². The van der Waals surface area contributed by atoms with E-state index in [-0.39, 0.29) is 5.41 Å². The van der Waals surface area contributed by atoms with Crippen LogP contribution in [0.2, 0.25) is 0 Å². The number of hydrogen-bond donors (Lipinski definition) is 0. The molecule has 0 bridgehead atoms. The summed E-state index contributed by atoms with van der Waals surface area (Å²) in [5.41, 5.74) is -0.315. The lowest BCUT2D eigenvalue weighted by Gasteiger charge is -2.30. The number of ether oxygens (including phenoxy) is 3. The highest BCUT2D eigenvalue weighted by Crippen LogP contribution is 2.19. The average molecular weight is 250 g/mol. The lowest BCUT2D eigenvalue weighted by Crippen LogP contribution is -2.40. The Morgan fingerprint density at radius 1 is 0.765 bits per heavy atom. The van der Waals surface area contributed by atoms with Crippen LogP contribution in [0.5, 0.6) is 0 Å². The summed E-state index contributed by atoms with van der Waals surface area (Å²) in [4.78, 5) is 10.3. The second kappa shape index (κ2) is 10.9. The Morgan fingerprint density at radius 2 is 1.29 bits per heavy atom. The van der Waals surface area contributed by atoms with E-state index in [1.54, 1.807) is 21.3 Å². The third-order valence-electron chi connectivity index (χ3n) is 2.38. The fraction of sp³-hybridized carbons (Fsp3) is 1.00. The Kier molecular flexibility index (Phi) is 10.8. The zero-order chi connectivity index (χ0) is 13.0. The molecule has 0 aromatic carbocycles. The predicted molar refractivity (Wildman–Crippen MR) is 64.9 cm³/mol. The van der Waals surface area contributed by atoms with Crippen LogP contribution < -0.4 is 0 Å². The average Bonchev–Trinajstić information content (AvgIpc) is 2.30. The summed E-state index contributed by atoms with van der Waals surface area (Å²) >= 11 is 0. The molecule has 0 aliphatic rings. The molecule has 5 heteroatoms. The first-order valence-corrected chi connectivity index (χ1v) is 5.96. The van der Waals surface area contributed by atoms with Crippen LogP contribution in [0.15, 0.2) is 0 Å². The zero-order valence-corrected chi connectivity index (χ0v) is 11.5. The molecule has 0 saturated carbocycles. The molecule has 0 aromatic rings. The van der Waals surface area contributed by atoms with Crippen LogP contribution >= 0.6 is 0 Å². The highest BCUT2D eigenvalue weighted by atomic mass is 17.2. The van der Waals surface area contributed by atoms with Gasteiger partial charge in [0.15, 0.2) is 0 Å². The monoisotopic (exact) mass is 250 g/mol. The van der Waals surface area contributed by atoms with E-state index >= 15 is 0 Å². The molecule has 0 radical (unpaired) electrons. The summed E-state index contributed by atoms with van der Waals surface area (Å²) in [5, 5.41) is 0. The van der Waals surface area contributed by atoms with Gasteiger partial charge in [0.1, 0.15) is 0 Å². The van der Waals surface area contributed by atoms with Gasteiger partial charge in [0.2, 0.25) is 0 Å². The van der Waals surface area contributed by atoms with E-state index in [1.807, 2.05) is 0 Å². The fourth-order valence-corrected chi connectivity index (χ4v) is 1.60. The maximum atomic E-state index is 5.22. The standard InChI is InChI=1S/C12H26O5/c1-5-6-7-16-17-11-12(8-13-2,9-14-3)10-15-4/h5-11H2,1-4H3. The van der Waals surface area contributed by atoms with Crippen molar-refractivity contribution in [1.29, 1.82) is 0 Å². The molecule has 0 unspecified atom stereocenters. The molecule has 0 atom stereocenters. The van der Waals surface area contributed by atoms with Crippen LogP contribution in [0, 0.1) is 5.41 Å². The summed E-state index contributed by atoms with van der Waals surface area (Å²) < 4.78 is 15.6. The van der Waals surface area contributed by atoms with Gasteiger partial charge >= 0.3 is 0 Å². The molecule has 5 nitrogen and oxygen atoms in total. The van der Waals surface area contributed by atoms with Gasteiger partial charge in [-0.3, -0.25) is 0 Å². The first kappa shape index (κ1) is 16.8. The quantitative estimate of drug-likeness (QED) is 0.299. The Hall–Kier alpha value is -0.200. The van der Waals surface area contributed by atoms with Gasteiger partial charge < -0.3 is 14.2 Å². The van der Waals surface area contributed by atoms with Crippen molar-refractivity contribution in [3.63, 3.8) is 0 Å². The van der Waals surface area contributed by atoms with Crippen molar-refractivity contribution in [2.75, 3.05) is 54.4 Å². The van der Waals surface area contributed by atoms with Gasteiger partial charge in [0.25, 0.3) is 0 Å². The Labute approximate surface area is 104 Å². The third kappa shape index (κ3) is 7.68. The summed E-state index contributed by atoms with van der Waals surface area (Å²) in [6, 6.07) is 0. The van der Waals surface area contributed by atoms with Crippen molar-refractivity contribution in [3.05, 3.63) is 0 Å². The minimum absolute atomic E-state index is 0.315. The number of unbranched alkanes of at least 4 members (excludes halogenated alkanes) is 1. The molecule has 0 rings (SSSR count). The first-order valence-electron chi connectivity index (χ1n) is 5.96. The van der Waals surface area contributed by atoms with Crippen LogP contribution in [0.3, 0.4) is 0 Å². The van der Waals surface area contributed by atoms with Crippen molar-refractivity contribution in [2.45, 2.75) is 19.8 Å². The fourth-order valence-electron chi connectivity index (χ4n) is 1.60. The van der Waals surface area contributed by atoms with Crippen LogP contribution in [0.25, 0.3) is 0 Å². The van der Waals surface area contributed by atoms with E-state index in [0.29, 0.717) is 33.0 Å². The minimum Gasteiger partial charge on any atom is -0.384 e. The normalized spacial score (nSPS) is 12.0. The van der Waals surface area contributed by atoms with Gasteiger partial charge in [-0.15, -0.1) is 0 Å². The summed E-state index contributed by atoms with van der Waals surface area (Å²) in [6.45, 7) is 4.63. The Bertz CT molecular complexity index is 146. The van der Waals surface area contributed by atoms with Crippen LogP contribution in [-0.4, -0.2) is 54.4 Å². The van der Waals surface area contributed by atoms with E-state index in [1.165, 1.54) is 0 Å². The van der Waals surface area contributed by atoms with E-state index in [2.05, 4.69) is 6.92 Å². The second-order valence-electron chi connectivity index (χ2n) is 4.24. The largest absolute Gasteiger partial charge is 0.384 e. The smallest absolute Gasteiger partial charge is 0.0945 e. The molecule has 0 saturated heterocycles. The highest BCUT2D eigenvalue weighted by Gasteiger charge is 2.31. The molecule has 104 valence electrons. The number of rotatable bonds is 12. The molecule has 0 spiro atoms. The van der Waals surface area contributed by atoms with Crippen molar-refractivity contribution >= 4 is 0 Å². The molecular formula is C12H26O5. The molecule has 0 aliphatic heterocycles. The van der Waals surface area contributed by atoms with E-state index in [4.69, 9.17) is 24.0 Å². The van der Waals surface area contributed by atoms with Crippen molar-refractivity contribution in [3.8, 4) is 0 Å². The van der Waals surface area contributed by atoms with Crippen LogP contribution in [-0.2, 0) is 24.0 Å². The molecule has 0 N–H and O–H groups in total. The Morgan fingerprint density at radius 3 is 1.71 bits per heavy atom. The van der Waals surface area contributed by atoms with Crippen LogP contribution in [0.4, 0.5) is 0 Å². The lowest BCUT2D eigenvalue weighted by molar-refractivity contribution is -0.317. The summed E-state index contributed by atoms with van der Waals surface area (Å²) in [5.74, 6) is 0. The van der Waals surface area contributed by atoms with Crippen LogP contribution in [0.1, 0.15) is 19.8 Å². The van der Waals surface area contributed by atoms with Gasteiger partial charge in [0, 0.05) is 21.3 Å². The van der Waals surface area contributed by atoms with Crippen molar-refractivity contribution in [2.24, 2.45) is 5.41 Å². The predicted octanol–water partition coefficient (Wildman–Crippen LogP) is 1.66. The van der Waals surface area contributed by atoms with Gasteiger partial charge in [-0.25, -0.2) is 9.78 Å². The molecular weight excluding hydrogens is 224 g/mol. The molecule has 0 aromatic heterocycles. The Balaban J connectivity index is 4.05. The summed E-state index contributed by atoms with van der Waals surface area (Å²) in [7, 11) is 4.95. The van der Waals surface area contributed by atoms with E-state index in [0.717, 1.165) is 12.8 Å². The van der Waals surface area contributed by atoms with E-state index < -0.39 is 0 Å². The molecule has 0 fully saturated rings. The maximum absolute atomic E-state index is 5.22. The van der Waals surface area contributed by atoms with Gasteiger partial charge in [-0.05, 0) is 6.42 Å². The van der Waals surface area contributed by atoms with Crippen molar-refractivity contribution in [1.82, 2.24) is 0 Å². The molecule has 0 aliphatic carbocycles. The molecule has 0 heterocycles. The van der Waals surface area contributed by atoms with Gasteiger partial charge in [0.05, 0.1) is 38.4 Å². The van der Waals surface area contributed by atoms with Crippen molar-refractivity contribution < 1.29 is 24.0 Å². The number of hydrogen-bond acceptors (Lipinski definition) is 5. The number of methoxy groups -OCH3 is 3. The van der Waals surface area contributed by atoms with Gasteiger partial charge in [-0.1, -0.05) is 13.3 Å². The maximum Gasteiger partial charge on any atom is 0.0945 e. The first-order chi connectivity index (χ1) is 8.24. The zero-order valence-electron chi connectivity index (χ0n) is 11.5. The SMILES string of the molecule is CCCCOOCC(COC)(COC)COC. The third-order valence-corrected chi connectivity index (χ3v) is 2.38. The lowest BCUT2D eigenvalue weighted by atomic mass is 9.92. The molecule has 0 amide bonds. The highest BCUT2D eigenvalue weighted by molar-refractivity contribution is 4.78.